The van der Waals surface area contributed by atoms with Gasteiger partial charge in [0.15, 0.2) is 0 Å². The van der Waals surface area contributed by atoms with Crippen LogP contribution in [-0.2, 0) is 0 Å². The molecule has 1 aromatic rings. The number of aryl methyl sites for hydroxylation is 2. The summed E-state index contributed by atoms with van der Waals surface area (Å²) in [6.07, 6.45) is 0. The van der Waals surface area contributed by atoms with Crippen molar-refractivity contribution in [1.29, 1.82) is 0 Å². The Morgan fingerprint density at radius 3 is 0.875 bits per heavy atom. The summed E-state index contributed by atoms with van der Waals surface area (Å²) < 4.78 is 0. The van der Waals surface area contributed by atoms with Crippen molar-refractivity contribution in [1.82, 2.24) is 0 Å². The zero-order chi connectivity index (χ0) is 25.0. The first-order valence-corrected chi connectivity index (χ1v) is 17.3. The molecule has 178 valence electrons. The topological polar surface area (TPSA) is 0 Å². The average molecular weight is 467 g/mol. The van der Waals surface area contributed by atoms with Crippen molar-refractivity contribution in [2.24, 2.45) is 0 Å². The van der Waals surface area contributed by atoms with Crippen LogP contribution in [0.4, 0.5) is 0 Å². The summed E-state index contributed by atoms with van der Waals surface area (Å²) in [7, 11) is -3.45. The van der Waals surface area contributed by atoms with Gasteiger partial charge in [-0.1, -0.05) is 94.9 Å². The van der Waals surface area contributed by atoms with Crippen molar-refractivity contribution < 1.29 is 0 Å². The van der Waals surface area contributed by atoms with Gasteiger partial charge in [0, 0.05) is 11.1 Å². The van der Waals surface area contributed by atoms with E-state index in [4.69, 9.17) is 0 Å². The lowest BCUT2D eigenvalue weighted by Gasteiger charge is -2.38. The van der Waals surface area contributed by atoms with Gasteiger partial charge in [0.05, 0.1) is 0 Å². The molecule has 0 atom stereocenters. The monoisotopic (exact) mass is 466 g/mol. The van der Waals surface area contributed by atoms with Crippen LogP contribution in [0.15, 0.2) is 12.1 Å². The molecule has 0 amide bonds. The molecule has 0 N–H and O–H groups in total. The second kappa shape index (κ2) is 11.3. The van der Waals surface area contributed by atoms with Gasteiger partial charge in [-0.3, -0.25) is 0 Å². The first kappa shape index (κ1) is 28.8. The molecule has 2 heteroatoms. The first-order chi connectivity index (χ1) is 14.6. The van der Waals surface area contributed by atoms with Gasteiger partial charge in [0.25, 0.3) is 0 Å². The number of hydrogen-bond acceptors (Lipinski definition) is 0. The Bertz CT molecular complexity index is 773. The van der Waals surface area contributed by atoms with Gasteiger partial charge in [-0.05, 0) is 70.4 Å². The molecule has 0 spiro atoms. The standard InChI is InChI=1S/C30H50Si2/c1-21(2)31(22(3)4,23(5)6)17-15-29-19-28(14)30(20-27(29)13)16-18-32(24(7)8,25(9)10)26(11)12/h19-26H,1-14H3. The van der Waals surface area contributed by atoms with E-state index in [0.29, 0.717) is 33.2 Å². The fourth-order valence-corrected chi connectivity index (χ4v) is 16.7. The highest BCUT2D eigenvalue weighted by Crippen LogP contribution is 2.42. The third kappa shape index (κ3) is 5.63. The van der Waals surface area contributed by atoms with Crippen molar-refractivity contribution in [2.45, 2.75) is 130 Å². The summed E-state index contributed by atoms with van der Waals surface area (Å²) in [5.74, 6) is 7.33. The number of rotatable bonds is 6. The van der Waals surface area contributed by atoms with E-state index in [1.54, 1.807) is 0 Å². The minimum Gasteiger partial charge on any atom is -0.125 e. The van der Waals surface area contributed by atoms with Gasteiger partial charge in [-0.25, -0.2) is 0 Å². The van der Waals surface area contributed by atoms with Gasteiger partial charge in [-0.15, -0.1) is 11.1 Å². The molecule has 1 aromatic carbocycles. The summed E-state index contributed by atoms with van der Waals surface area (Å²) in [5.41, 5.74) is 16.6. The highest BCUT2D eigenvalue weighted by molar-refractivity contribution is 6.91. The fraction of sp³-hybridized carbons (Fsp3) is 0.667. The SMILES string of the molecule is Cc1cc(C#C[Si](C(C)C)(C(C)C)C(C)C)c(C)cc1C#C[Si](C(C)C)(C(C)C)C(C)C. The van der Waals surface area contributed by atoms with Gasteiger partial charge in [0.2, 0.25) is 0 Å². The largest absolute Gasteiger partial charge is 0.146 e. The molecule has 0 fully saturated rings. The first-order valence-electron chi connectivity index (χ1n) is 12.8. The quantitative estimate of drug-likeness (QED) is 0.289. The van der Waals surface area contributed by atoms with Crippen molar-refractivity contribution in [2.75, 3.05) is 0 Å². The summed E-state index contributed by atoms with van der Waals surface area (Å²) in [6.45, 7) is 33.0. The molecule has 0 aliphatic carbocycles. The van der Waals surface area contributed by atoms with Crippen LogP contribution in [0, 0.1) is 36.8 Å². The lowest BCUT2D eigenvalue weighted by molar-refractivity contribution is 0.838. The summed E-state index contributed by atoms with van der Waals surface area (Å²) in [6, 6.07) is 4.58. The van der Waals surface area contributed by atoms with Crippen LogP contribution in [0.2, 0.25) is 33.2 Å². The lowest BCUT2D eigenvalue weighted by Crippen LogP contribution is -2.43. The van der Waals surface area contributed by atoms with Gasteiger partial charge < -0.3 is 0 Å². The van der Waals surface area contributed by atoms with Crippen molar-refractivity contribution in [3.05, 3.63) is 34.4 Å². The van der Waals surface area contributed by atoms with Gasteiger partial charge >= 0.3 is 0 Å². The highest BCUT2D eigenvalue weighted by Gasteiger charge is 2.42. The maximum absolute atomic E-state index is 3.90. The Kier molecular flexibility index (Phi) is 10.1. The lowest BCUT2D eigenvalue weighted by atomic mass is 10.0. The molecule has 0 aliphatic heterocycles. The van der Waals surface area contributed by atoms with Crippen LogP contribution < -0.4 is 0 Å². The molecule has 0 radical (unpaired) electrons. The molecular weight excluding hydrogens is 417 g/mol. The Balaban J connectivity index is 3.55. The molecular formula is C30H50Si2. The predicted molar refractivity (Wildman–Crippen MR) is 152 cm³/mol. The minimum absolute atomic E-state index is 0.655. The van der Waals surface area contributed by atoms with Crippen molar-refractivity contribution in [3.63, 3.8) is 0 Å². The van der Waals surface area contributed by atoms with E-state index in [0.717, 1.165) is 0 Å². The molecule has 0 bridgehead atoms. The molecule has 0 saturated carbocycles. The summed E-state index contributed by atoms with van der Waals surface area (Å²) in [5, 5.41) is 0. The Morgan fingerprint density at radius 1 is 0.469 bits per heavy atom. The predicted octanol–water partition coefficient (Wildman–Crippen LogP) is 9.44. The molecule has 0 heterocycles. The van der Waals surface area contributed by atoms with Crippen molar-refractivity contribution >= 4 is 16.1 Å². The highest BCUT2D eigenvalue weighted by atomic mass is 28.3. The van der Waals surface area contributed by atoms with E-state index >= 15 is 0 Å². The van der Waals surface area contributed by atoms with E-state index in [1.807, 2.05) is 0 Å². The third-order valence-electron chi connectivity index (χ3n) is 8.13. The Labute approximate surface area is 203 Å². The van der Waals surface area contributed by atoms with E-state index in [9.17, 15) is 0 Å². The summed E-state index contributed by atoms with van der Waals surface area (Å²) >= 11 is 0. The normalized spacial score (nSPS) is 12.6. The molecule has 0 nitrogen and oxygen atoms in total. The van der Waals surface area contributed by atoms with Gasteiger partial charge in [0.1, 0.15) is 16.1 Å². The molecule has 0 aliphatic rings. The van der Waals surface area contributed by atoms with Crippen molar-refractivity contribution in [3.8, 4) is 22.9 Å². The third-order valence-corrected chi connectivity index (χ3v) is 20.7. The van der Waals surface area contributed by atoms with E-state index in [-0.39, 0.29) is 0 Å². The average Bonchev–Trinajstić information content (AvgIpc) is 2.64. The maximum Gasteiger partial charge on any atom is 0.146 e. The molecule has 32 heavy (non-hydrogen) atoms. The minimum atomic E-state index is -1.73. The van der Waals surface area contributed by atoms with Crippen LogP contribution >= 0.6 is 0 Å². The van der Waals surface area contributed by atoms with E-state index in [2.05, 4.69) is 132 Å². The molecule has 0 saturated heterocycles. The number of hydrogen-bond donors (Lipinski definition) is 0. The zero-order valence-electron chi connectivity index (χ0n) is 23.6. The van der Waals surface area contributed by atoms with Crippen LogP contribution in [0.5, 0.6) is 0 Å². The smallest absolute Gasteiger partial charge is 0.125 e. The molecule has 0 unspecified atom stereocenters. The van der Waals surface area contributed by atoms with Crippen LogP contribution in [0.3, 0.4) is 0 Å². The van der Waals surface area contributed by atoms with Crippen LogP contribution in [0.1, 0.15) is 105 Å². The molecule has 0 aromatic heterocycles. The van der Waals surface area contributed by atoms with E-state index < -0.39 is 16.1 Å². The van der Waals surface area contributed by atoms with Gasteiger partial charge in [-0.2, -0.15) is 0 Å². The number of benzene rings is 1. The Hall–Kier alpha value is -1.23. The molecule has 1 rings (SSSR count). The van der Waals surface area contributed by atoms with Crippen LogP contribution in [0.25, 0.3) is 0 Å². The maximum atomic E-state index is 3.90. The Morgan fingerprint density at radius 2 is 0.688 bits per heavy atom. The second-order valence-electron chi connectivity index (χ2n) is 11.8. The zero-order valence-corrected chi connectivity index (χ0v) is 25.6. The second-order valence-corrected chi connectivity index (χ2v) is 22.9. The summed E-state index contributed by atoms with van der Waals surface area (Å²) in [4.78, 5) is 0. The van der Waals surface area contributed by atoms with E-state index in [1.165, 1.54) is 22.3 Å². The fourth-order valence-electron chi connectivity index (χ4n) is 6.30. The van der Waals surface area contributed by atoms with Crippen LogP contribution in [-0.4, -0.2) is 16.1 Å².